The van der Waals surface area contributed by atoms with Crippen molar-refractivity contribution < 1.29 is 24.0 Å². The van der Waals surface area contributed by atoms with Gasteiger partial charge in [0.2, 0.25) is 17.7 Å². The van der Waals surface area contributed by atoms with Gasteiger partial charge in [-0.05, 0) is 25.0 Å². The van der Waals surface area contributed by atoms with Crippen LogP contribution in [0.25, 0.3) is 0 Å². The lowest BCUT2D eigenvalue weighted by atomic mass is 10.0. The summed E-state index contributed by atoms with van der Waals surface area (Å²) in [5.41, 5.74) is 0.950. The molecule has 10 heteroatoms. The van der Waals surface area contributed by atoms with E-state index in [1.54, 1.807) is 18.2 Å². The van der Waals surface area contributed by atoms with Crippen LogP contribution in [0, 0.1) is 0 Å². The van der Waals surface area contributed by atoms with E-state index in [1.165, 1.54) is 0 Å². The minimum absolute atomic E-state index is 0.0784. The fourth-order valence-corrected chi connectivity index (χ4v) is 3.45. The zero-order valence-corrected chi connectivity index (χ0v) is 16.5. The molecule has 0 spiro atoms. The topological polar surface area (TPSA) is 125 Å². The minimum atomic E-state index is -0.989. The number of hydrogen-bond donors (Lipinski definition) is 3. The number of anilines is 1. The summed E-state index contributed by atoms with van der Waals surface area (Å²) in [6, 6.07) is 3.91. The van der Waals surface area contributed by atoms with Crippen molar-refractivity contribution in [2.45, 2.75) is 25.3 Å². The number of piperidine rings is 1. The van der Waals surface area contributed by atoms with Crippen molar-refractivity contribution in [2.75, 3.05) is 23.7 Å². The molecule has 5 amide bonds. The van der Waals surface area contributed by atoms with E-state index >= 15 is 0 Å². The lowest BCUT2D eigenvalue weighted by molar-refractivity contribution is -0.136. The van der Waals surface area contributed by atoms with E-state index in [2.05, 4.69) is 31.9 Å². The molecule has 2 aliphatic heterocycles. The van der Waals surface area contributed by atoms with Crippen LogP contribution in [0.3, 0.4) is 0 Å². The number of nitrogens with zero attached hydrogens (tertiary/aromatic N) is 1. The van der Waals surface area contributed by atoms with Crippen LogP contribution < -0.4 is 16.0 Å². The molecule has 2 heterocycles. The number of fused-ring (bicyclic) bond motifs is 1. The van der Waals surface area contributed by atoms with E-state index in [1.807, 2.05) is 0 Å². The third-order valence-electron chi connectivity index (χ3n) is 4.58. The van der Waals surface area contributed by atoms with Crippen LogP contribution in [0.5, 0.6) is 0 Å². The number of rotatable bonds is 7. The van der Waals surface area contributed by atoms with Crippen molar-refractivity contribution in [3.05, 3.63) is 29.3 Å². The van der Waals surface area contributed by atoms with Crippen LogP contribution in [0.4, 0.5) is 5.69 Å². The fraction of sp³-hybridized carbons (Fsp3) is 0.389. The number of halogens is 1. The summed E-state index contributed by atoms with van der Waals surface area (Å²) in [4.78, 5) is 61.2. The van der Waals surface area contributed by atoms with E-state index in [0.29, 0.717) is 25.2 Å². The molecule has 2 aliphatic rings. The van der Waals surface area contributed by atoms with E-state index in [4.69, 9.17) is 0 Å². The second-order valence-electron chi connectivity index (χ2n) is 6.44. The van der Waals surface area contributed by atoms with E-state index in [0.717, 1.165) is 4.90 Å². The zero-order valence-electron chi connectivity index (χ0n) is 14.9. The molecule has 1 aromatic rings. The van der Waals surface area contributed by atoms with E-state index in [-0.39, 0.29) is 35.2 Å². The van der Waals surface area contributed by atoms with Crippen LogP contribution in [0.15, 0.2) is 18.2 Å². The van der Waals surface area contributed by atoms with Crippen molar-refractivity contribution in [1.82, 2.24) is 15.5 Å². The summed E-state index contributed by atoms with van der Waals surface area (Å²) in [6.07, 6.45) is 0.822. The van der Waals surface area contributed by atoms with Gasteiger partial charge >= 0.3 is 0 Å². The Morgan fingerprint density at radius 2 is 1.96 bits per heavy atom. The lowest BCUT2D eigenvalue weighted by Crippen LogP contribution is -2.54. The molecule has 28 heavy (non-hydrogen) atoms. The van der Waals surface area contributed by atoms with Gasteiger partial charge in [0, 0.05) is 25.2 Å². The molecule has 0 radical (unpaired) electrons. The molecule has 0 aromatic heterocycles. The molecule has 0 saturated carbocycles. The highest BCUT2D eigenvalue weighted by Gasteiger charge is 2.45. The molecule has 9 nitrogen and oxygen atoms in total. The van der Waals surface area contributed by atoms with Gasteiger partial charge < -0.3 is 10.6 Å². The number of amides is 5. The number of alkyl halides is 1. The Hall–Kier alpha value is -2.75. The quantitative estimate of drug-likeness (QED) is 0.313. The number of hydrogen-bond acceptors (Lipinski definition) is 6. The summed E-state index contributed by atoms with van der Waals surface area (Å²) in [7, 11) is 0. The second kappa shape index (κ2) is 8.51. The van der Waals surface area contributed by atoms with Crippen molar-refractivity contribution in [2.24, 2.45) is 0 Å². The Kier molecular flexibility index (Phi) is 6.08. The Morgan fingerprint density at radius 1 is 1.18 bits per heavy atom. The number of carbonyl (C=O) groups is 5. The SMILES string of the molecule is O=C(CBr)NCCCNc1cccc2c1C(=O)N(C1CCC(=O)NC1=O)C2=O. The van der Waals surface area contributed by atoms with Gasteiger partial charge in [0.05, 0.1) is 16.5 Å². The van der Waals surface area contributed by atoms with Crippen molar-refractivity contribution in [3.8, 4) is 0 Å². The highest BCUT2D eigenvalue weighted by molar-refractivity contribution is 9.09. The average molecular weight is 451 g/mol. The first-order chi connectivity index (χ1) is 13.4. The molecule has 3 rings (SSSR count). The predicted molar refractivity (Wildman–Crippen MR) is 103 cm³/mol. The summed E-state index contributed by atoms with van der Waals surface area (Å²) in [5.74, 6) is -2.25. The summed E-state index contributed by atoms with van der Waals surface area (Å²) >= 11 is 3.06. The van der Waals surface area contributed by atoms with Crippen LogP contribution in [0.1, 0.15) is 40.0 Å². The van der Waals surface area contributed by atoms with Gasteiger partial charge in [0.15, 0.2) is 0 Å². The first-order valence-corrected chi connectivity index (χ1v) is 9.97. The summed E-state index contributed by atoms with van der Waals surface area (Å²) in [5, 5.41) is 8.24. The van der Waals surface area contributed by atoms with Gasteiger partial charge in [0.25, 0.3) is 11.8 Å². The summed E-state index contributed by atoms with van der Waals surface area (Å²) < 4.78 is 0. The molecule has 1 saturated heterocycles. The van der Waals surface area contributed by atoms with Crippen molar-refractivity contribution in [1.29, 1.82) is 0 Å². The first-order valence-electron chi connectivity index (χ1n) is 8.85. The Labute approximate surface area is 169 Å². The van der Waals surface area contributed by atoms with Gasteiger partial charge in [-0.2, -0.15) is 0 Å². The fourth-order valence-electron chi connectivity index (χ4n) is 3.25. The third-order valence-corrected chi connectivity index (χ3v) is 5.09. The Morgan fingerprint density at radius 3 is 2.68 bits per heavy atom. The van der Waals surface area contributed by atoms with Gasteiger partial charge in [-0.15, -0.1) is 0 Å². The zero-order chi connectivity index (χ0) is 20.3. The summed E-state index contributed by atoms with van der Waals surface area (Å²) in [6.45, 7) is 0.959. The number of carbonyl (C=O) groups excluding carboxylic acids is 5. The van der Waals surface area contributed by atoms with Crippen LogP contribution in [0.2, 0.25) is 0 Å². The van der Waals surface area contributed by atoms with Crippen LogP contribution in [-0.2, 0) is 14.4 Å². The smallest absolute Gasteiger partial charge is 0.264 e. The largest absolute Gasteiger partial charge is 0.384 e. The molecule has 1 fully saturated rings. The standard InChI is InChI=1S/C18H19BrN4O5/c19-9-14(25)21-8-2-7-20-11-4-1-3-10-15(11)18(28)23(17(10)27)12-5-6-13(24)22-16(12)26/h1,3-4,12,20H,2,5-9H2,(H,21,25)(H,22,24,26). The average Bonchev–Trinajstić information content (AvgIpc) is 2.93. The normalized spacial score (nSPS) is 18.8. The highest BCUT2D eigenvalue weighted by atomic mass is 79.9. The Balaban J connectivity index is 1.70. The van der Waals surface area contributed by atoms with Crippen molar-refractivity contribution in [3.63, 3.8) is 0 Å². The van der Waals surface area contributed by atoms with Gasteiger partial charge in [0.1, 0.15) is 6.04 Å². The predicted octanol–water partition coefficient (Wildman–Crippen LogP) is 0.401. The van der Waals surface area contributed by atoms with Crippen LogP contribution in [-0.4, -0.2) is 58.9 Å². The minimum Gasteiger partial charge on any atom is -0.384 e. The highest BCUT2D eigenvalue weighted by Crippen LogP contribution is 2.32. The molecular weight excluding hydrogens is 432 g/mol. The van der Waals surface area contributed by atoms with Crippen LogP contribution >= 0.6 is 15.9 Å². The molecule has 1 atom stereocenters. The third kappa shape index (κ3) is 3.91. The maximum atomic E-state index is 12.9. The molecule has 148 valence electrons. The molecular formula is C18H19BrN4O5. The van der Waals surface area contributed by atoms with E-state index in [9.17, 15) is 24.0 Å². The Bertz CT molecular complexity index is 856. The maximum Gasteiger partial charge on any atom is 0.264 e. The maximum absolute atomic E-state index is 12.9. The molecule has 3 N–H and O–H groups in total. The number of nitrogens with one attached hydrogen (secondary N) is 3. The van der Waals surface area contributed by atoms with Gasteiger partial charge in [-0.3, -0.25) is 34.2 Å². The van der Waals surface area contributed by atoms with E-state index < -0.39 is 29.7 Å². The first kappa shape index (κ1) is 20.0. The van der Waals surface area contributed by atoms with Gasteiger partial charge in [-0.1, -0.05) is 22.0 Å². The molecule has 0 bridgehead atoms. The van der Waals surface area contributed by atoms with Crippen molar-refractivity contribution >= 4 is 51.2 Å². The number of imide groups is 2. The van der Waals surface area contributed by atoms with Gasteiger partial charge in [-0.25, -0.2) is 0 Å². The lowest BCUT2D eigenvalue weighted by Gasteiger charge is -2.27. The molecule has 1 unspecified atom stereocenters. The number of benzene rings is 1. The molecule has 1 aromatic carbocycles. The molecule has 0 aliphatic carbocycles. The monoisotopic (exact) mass is 450 g/mol. The second-order valence-corrected chi connectivity index (χ2v) is 7.00.